The van der Waals surface area contributed by atoms with Gasteiger partial charge in [-0.2, -0.15) is 0 Å². The van der Waals surface area contributed by atoms with Crippen LogP contribution in [-0.4, -0.2) is 24.2 Å². The smallest absolute Gasteiger partial charge is 0.230 e. The van der Waals surface area contributed by atoms with Gasteiger partial charge in [-0.3, -0.25) is 4.79 Å². The van der Waals surface area contributed by atoms with Gasteiger partial charge >= 0.3 is 0 Å². The third-order valence-electron chi connectivity index (χ3n) is 3.45. The minimum atomic E-state index is 0. The Balaban J connectivity index is 0.00000200. The number of benzene rings is 1. The molecule has 0 radical (unpaired) electrons. The fourth-order valence-corrected chi connectivity index (χ4v) is 2.92. The van der Waals surface area contributed by atoms with E-state index in [9.17, 15) is 4.79 Å². The maximum absolute atomic E-state index is 11.8. The summed E-state index contributed by atoms with van der Waals surface area (Å²) in [6.45, 7) is 4.76. The van der Waals surface area contributed by atoms with Crippen molar-refractivity contribution in [1.29, 1.82) is 0 Å². The molecule has 1 saturated carbocycles. The van der Waals surface area contributed by atoms with Crippen molar-refractivity contribution in [3.05, 3.63) is 29.3 Å². The zero-order valence-corrected chi connectivity index (χ0v) is 13.7. The summed E-state index contributed by atoms with van der Waals surface area (Å²) in [5.41, 5.74) is 8.43. The van der Waals surface area contributed by atoms with Gasteiger partial charge in [-0.15, -0.1) is 24.2 Å². The molecule has 0 aromatic heterocycles. The highest BCUT2D eigenvalue weighted by Crippen LogP contribution is 2.31. The lowest BCUT2D eigenvalue weighted by Crippen LogP contribution is -2.39. The van der Waals surface area contributed by atoms with Crippen molar-refractivity contribution in [3.63, 3.8) is 0 Å². The van der Waals surface area contributed by atoms with Crippen LogP contribution in [0, 0.1) is 19.8 Å². The van der Waals surface area contributed by atoms with E-state index in [1.807, 2.05) is 0 Å². The second-order valence-electron chi connectivity index (χ2n) is 5.36. The van der Waals surface area contributed by atoms with Gasteiger partial charge in [-0.05, 0) is 44.2 Å². The highest BCUT2D eigenvalue weighted by Gasteiger charge is 2.28. The predicted molar refractivity (Wildman–Crippen MR) is 87.6 cm³/mol. The van der Waals surface area contributed by atoms with Crippen LogP contribution in [0.1, 0.15) is 24.0 Å². The van der Waals surface area contributed by atoms with Crippen LogP contribution in [0.4, 0.5) is 0 Å². The maximum atomic E-state index is 11.8. The fourth-order valence-electron chi connectivity index (χ4n) is 2.08. The summed E-state index contributed by atoms with van der Waals surface area (Å²) >= 11 is 1.59. The van der Waals surface area contributed by atoms with Crippen molar-refractivity contribution in [2.24, 2.45) is 11.7 Å². The lowest BCUT2D eigenvalue weighted by molar-refractivity contribution is -0.118. The zero-order valence-electron chi connectivity index (χ0n) is 12.0. The molecule has 1 atom stereocenters. The molecular formula is C15H23ClN2OS. The van der Waals surface area contributed by atoms with Gasteiger partial charge in [-0.1, -0.05) is 17.7 Å². The van der Waals surface area contributed by atoms with Gasteiger partial charge in [0.2, 0.25) is 5.91 Å². The van der Waals surface area contributed by atoms with Crippen LogP contribution in [0.15, 0.2) is 23.1 Å². The van der Waals surface area contributed by atoms with E-state index in [1.165, 1.54) is 28.9 Å². The average Bonchev–Trinajstić information content (AvgIpc) is 3.19. The van der Waals surface area contributed by atoms with Crippen molar-refractivity contribution in [1.82, 2.24) is 5.32 Å². The molecule has 0 bridgehead atoms. The van der Waals surface area contributed by atoms with Crippen molar-refractivity contribution in [2.75, 3.05) is 12.3 Å². The van der Waals surface area contributed by atoms with E-state index in [-0.39, 0.29) is 24.4 Å². The molecule has 0 heterocycles. The van der Waals surface area contributed by atoms with Crippen LogP contribution in [0.2, 0.25) is 0 Å². The molecule has 1 aromatic rings. The van der Waals surface area contributed by atoms with Crippen LogP contribution in [0.25, 0.3) is 0 Å². The first-order valence-electron chi connectivity index (χ1n) is 6.78. The third-order valence-corrected chi connectivity index (χ3v) is 4.63. The van der Waals surface area contributed by atoms with Gasteiger partial charge in [0.1, 0.15) is 0 Å². The van der Waals surface area contributed by atoms with Crippen LogP contribution in [0.3, 0.4) is 0 Å². The zero-order chi connectivity index (χ0) is 13.8. The van der Waals surface area contributed by atoms with E-state index in [0.29, 0.717) is 18.2 Å². The number of thioether (sulfide) groups is 1. The number of halogens is 1. The summed E-state index contributed by atoms with van der Waals surface area (Å²) in [4.78, 5) is 12.9. The molecule has 20 heavy (non-hydrogen) atoms. The standard InChI is InChI=1S/C15H22N2OS.ClH/c1-10-3-6-14(11(2)7-10)19-9-15(18)17-8-13(16)12-4-5-12;/h3,6-7,12-13H,4-5,8-9,16H2,1-2H3,(H,17,18);1H. The molecule has 0 spiro atoms. The summed E-state index contributed by atoms with van der Waals surface area (Å²) in [5, 5.41) is 2.92. The molecule has 5 heteroatoms. The van der Waals surface area contributed by atoms with Gasteiger partial charge < -0.3 is 11.1 Å². The molecule has 1 aromatic carbocycles. The SMILES string of the molecule is Cc1ccc(SCC(=O)NCC(N)C2CC2)c(C)c1.Cl. The average molecular weight is 315 g/mol. The quantitative estimate of drug-likeness (QED) is 0.794. The number of aryl methyl sites for hydroxylation is 2. The van der Waals surface area contributed by atoms with E-state index in [0.717, 1.165) is 0 Å². The molecule has 1 unspecified atom stereocenters. The lowest BCUT2D eigenvalue weighted by Gasteiger charge is -2.12. The maximum Gasteiger partial charge on any atom is 0.230 e. The minimum Gasteiger partial charge on any atom is -0.354 e. The van der Waals surface area contributed by atoms with Crippen LogP contribution >= 0.6 is 24.2 Å². The lowest BCUT2D eigenvalue weighted by atomic mass is 10.2. The third kappa shape index (κ3) is 5.35. The van der Waals surface area contributed by atoms with E-state index in [2.05, 4.69) is 37.4 Å². The molecule has 2 rings (SSSR count). The Morgan fingerprint density at radius 2 is 2.15 bits per heavy atom. The van der Waals surface area contributed by atoms with Crippen LogP contribution in [-0.2, 0) is 4.79 Å². The Kier molecular flexibility index (Phi) is 6.86. The van der Waals surface area contributed by atoms with Crippen molar-refractivity contribution in [2.45, 2.75) is 37.6 Å². The summed E-state index contributed by atoms with van der Waals surface area (Å²) in [6, 6.07) is 6.44. The number of hydrogen-bond donors (Lipinski definition) is 2. The van der Waals surface area contributed by atoms with Gasteiger partial charge in [0, 0.05) is 17.5 Å². The Labute approximate surface area is 131 Å². The van der Waals surface area contributed by atoms with E-state index < -0.39 is 0 Å². The topological polar surface area (TPSA) is 55.1 Å². The minimum absolute atomic E-state index is 0. The Morgan fingerprint density at radius 3 is 2.75 bits per heavy atom. The second kappa shape index (κ2) is 7.91. The van der Waals surface area contributed by atoms with Gasteiger partial charge in [-0.25, -0.2) is 0 Å². The summed E-state index contributed by atoms with van der Waals surface area (Å²) in [7, 11) is 0. The summed E-state index contributed by atoms with van der Waals surface area (Å²) in [5.74, 6) is 1.16. The first-order valence-corrected chi connectivity index (χ1v) is 7.77. The number of nitrogens with two attached hydrogens (primary N) is 1. The molecular weight excluding hydrogens is 292 g/mol. The molecule has 0 aliphatic heterocycles. The highest BCUT2D eigenvalue weighted by molar-refractivity contribution is 8.00. The van der Waals surface area contributed by atoms with Crippen molar-refractivity contribution >= 4 is 30.1 Å². The Bertz CT molecular complexity index is 463. The predicted octanol–water partition coefficient (Wildman–Crippen LogP) is 2.67. The first kappa shape index (κ1) is 17.3. The normalized spacial score (nSPS) is 15.3. The summed E-state index contributed by atoms with van der Waals surface area (Å²) < 4.78 is 0. The number of carbonyl (C=O) groups excluding carboxylic acids is 1. The van der Waals surface area contributed by atoms with E-state index in [1.54, 1.807) is 11.8 Å². The number of nitrogens with one attached hydrogen (secondary N) is 1. The van der Waals surface area contributed by atoms with Gasteiger partial charge in [0.25, 0.3) is 0 Å². The molecule has 3 N–H and O–H groups in total. The highest BCUT2D eigenvalue weighted by atomic mass is 35.5. The second-order valence-corrected chi connectivity index (χ2v) is 6.38. The van der Waals surface area contributed by atoms with Crippen molar-refractivity contribution in [3.8, 4) is 0 Å². The fraction of sp³-hybridized carbons (Fsp3) is 0.533. The van der Waals surface area contributed by atoms with Crippen LogP contribution < -0.4 is 11.1 Å². The van der Waals surface area contributed by atoms with Crippen molar-refractivity contribution < 1.29 is 4.79 Å². The Morgan fingerprint density at radius 1 is 1.45 bits per heavy atom. The molecule has 1 fully saturated rings. The monoisotopic (exact) mass is 314 g/mol. The molecule has 1 aliphatic carbocycles. The van der Waals surface area contributed by atoms with Gasteiger partial charge in [0.15, 0.2) is 0 Å². The number of amides is 1. The summed E-state index contributed by atoms with van der Waals surface area (Å²) in [6.07, 6.45) is 2.43. The largest absolute Gasteiger partial charge is 0.354 e. The molecule has 1 amide bonds. The molecule has 112 valence electrons. The molecule has 3 nitrogen and oxygen atoms in total. The number of carbonyl (C=O) groups is 1. The van der Waals surface area contributed by atoms with Crippen LogP contribution in [0.5, 0.6) is 0 Å². The number of hydrogen-bond acceptors (Lipinski definition) is 3. The number of rotatable bonds is 6. The first-order chi connectivity index (χ1) is 9.06. The Hall–Kier alpha value is -0.710. The molecule has 0 saturated heterocycles. The van der Waals surface area contributed by atoms with E-state index >= 15 is 0 Å². The molecule has 1 aliphatic rings. The van der Waals surface area contributed by atoms with E-state index in [4.69, 9.17) is 5.73 Å². The van der Waals surface area contributed by atoms with Gasteiger partial charge in [0.05, 0.1) is 5.75 Å².